The number of pyridine rings is 1. The number of aryl methyl sites for hydroxylation is 1. The Morgan fingerprint density at radius 3 is 2.76 bits per heavy atom. The summed E-state index contributed by atoms with van der Waals surface area (Å²) >= 11 is 0. The lowest BCUT2D eigenvalue weighted by Crippen LogP contribution is -2.37. The maximum atomic E-state index is 11.3. The number of amides is 1. The van der Waals surface area contributed by atoms with Gasteiger partial charge >= 0.3 is 0 Å². The maximum Gasteiger partial charge on any atom is 0.267 e. The predicted molar refractivity (Wildman–Crippen MR) is 108 cm³/mol. The van der Waals surface area contributed by atoms with Crippen LogP contribution in [0.4, 0.5) is 0 Å². The number of ether oxygens (including phenoxy) is 1. The number of likely N-dealkylation sites (tertiary alicyclic amines) is 1. The Bertz CT molecular complexity index is 981. The van der Waals surface area contributed by atoms with Gasteiger partial charge in [-0.05, 0) is 43.0 Å². The van der Waals surface area contributed by atoms with Crippen LogP contribution in [0.2, 0.25) is 0 Å². The van der Waals surface area contributed by atoms with Crippen molar-refractivity contribution in [3.05, 3.63) is 66.0 Å². The van der Waals surface area contributed by atoms with Crippen LogP contribution in [-0.4, -0.2) is 49.7 Å². The van der Waals surface area contributed by atoms with E-state index in [4.69, 9.17) is 10.5 Å². The summed E-state index contributed by atoms with van der Waals surface area (Å²) in [6.07, 6.45) is 6.80. The molecule has 4 rings (SSSR count). The molecule has 150 valence electrons. The van der Waals surface area contributed by atoms with Gasteiger partial charge in [0.25, 0.3) is 5.91 Å². The predicted octanol–water partition coefficient (Wildman–Crippen LogP) is 2.11. The minimum Gasteiger partial charge on any atom is -0.490 e. The lowest BCUT2D eigenvalue weighted by molar-refractivity contribution is 0.0953. The first kappa shape index (κ1) is 19.1. The Hall–Kier alpha value is -3.26. The molecule has 8 heteroatoms. The number of piperidine rings is 1. The number of carbonyl (C=O) groups excluding carboxylic acids is 1. The van der Waals surface area contributed by atoms with Gasteiger partial charge in [-0.25, -0.2) is 9.67 Å². The molecule has 1 aliphatic rings. The summed E-state index contributed by atoms with van der Waals surface area (Å²) < 4.78 is 7.81. The first-order valence-electron chi connectivity index (χ1n) is 9.68. The molecule has 1 aliphatic heterocycles. The first-order chi connectivity index (χ1) is 14.1. The highest BCUT2D eigenvalue weighted by Gasteiger charge is 2.21. The van der Waals surface area contributed by atoms with Crippen molar-refractivity contribution >= 4 is 5.91 Å². The Kier molecular flexibility index (Phi) is 5.53. The van der Waals surface area contributed by atoms with Crippen molar-refractivity contribution in [1.82, 2.24) is 24.6 Å². The number of benzene rings is 1. The monoisotopic (exact) mass is 392 g/mol. The molecule has 2 aromatic heterocycles. The van der Waals surface area contributed by atoms with Gasteiger partial charge in [-0.15, -0.1) is 0 Å². The summed E-state index contributed by atoms with van der Waals surface area (Å²) in [5, 5.41) is 4.20. The standard InChI is InChI=1S/C21H24N6O2/c1-15-10-16(2-3-20(15)27-14-23-13-25-27)12-26-8-5-17(6-9-26)29-18-4-7-24-19(11-18)21(22)28/h2-4,7,10-11,13-14,17H,5-6,8-9,12H2,1H3,(H2,22,28). The van der Waals surface area contributed by atoms with Gasteiger partial charge in [0.2, 0.25) is 0 Å². The molecule has 3 heterocycles. The molecule has 2 N–H and O–H groups in total. The quantitative estimate of drug-likeness (QED) is 0.690. The number of aromatic nitrogens is 4. The Balaban J connectivity index is 1.31. The minimum atomic E-state index is -0.546. The number of nitrogens with zero attached hydrogens (tertiary/aromatic N) is 5. The molecule has 1 aromatic carbocycles. The van der Waals surface area contributed by atoms with Gasteiger partial charge in [0.05, 0.1) is 5.69 Å². The van der Waals surface area contributed by atoms with Crippen molar-refractivity contribution in [3.8, 4) is 11.4 Å². The molecule has 29 heavy (non-hydrogen) atoms. The normalized spacial score (nSPS) is 15.3. The van der Waals surface area contributed by atoms with Crippen LogP contribution in [0.5, 0.6) is 5.75 Å². The van der Waals surface area contributed by atoms with Crippen LogP contribution in [0.15, 0.2) is 49.2 Å². The van der Waals surface area contributed by atoms with E-state index >= 15 is 0 Å². The zero-order chi connectivity index (χ0) is 20.2. The molecule has 1 amide bonds. The largest absolute Gasteiger partial charge is 0.490 e. The molecule has 3 aromatic rings. The van der Waals surface area contributed by atoms with Crippen LogP contribution in [0.1, 0.15) is 34.5 Å². The third kappa shape index (κ3) is 4.60. The van der Waals surface area contributed by atoms with Gasteiger partial charge in [0.1, 0.15) is 30.2 Å². The summed E-state index contributed by atoms with van der Waals surface area (Å²) in [4.78, 5) is 21.7. The van der Waals surface area contributed by atoms with Gasteiger partial charge in [0, 0.05) is 31.9 Å². The van der Waals surface area contributed by atoms with E-state index in [1.54, 1.807) is 35.7 Å². The van der Waals surface area contributed by atoms with Crippen LogP contribution < -0.4 is 10.5 Å². The van der Waals surface area contributed by atoms with Crippen LogP contribution in [-0.2, 0) is 6.54 Å². The van der Waals surface area contributed by atoms with Crippen molar-refractivity contribution in [3.63, 3.8) is 0 Å². The fourth-order valence-electron chi connectivity index (χ4n) is 3.66. The second kappa shape index (κ2) is 8.40. The SMILES string of the molecule is Cc1cc(CN2CCC(Oc3ccnc(C(N)=O)c3)CC2)ccc1-n1cncn1. The zero-order valence-corrected chi connectivity index (χ0v) is 16.4. The van der Waals surface area contributed by atoms with Crippen molar-refractivity contribution in [2.75, 3.05) is 13.1 Å². The van der Waals surface area contributed by atoms with Crippen molar-refractivity contribution < 1.29 is 9.53 Å². The summed E-state index contributed by atoms with van der Waals surface area (Å²) in [6, 6.07) is 9.82. The molecule has 0 unspecified atom stereocenters. The van der Waals surface area contributed by atoms with E-state index in [-0.39, 0.29) is 11.8 Å². The highest BCUT2D eigenvalue weighted by atomic mass is 16.5. The average Bonchev–Trinajstić information content (AvgIpc) is 3.24. The molecular formula is C21H24N6O2. The molecular weight excluding hydrogens is 368 g/mol. The van der Waals surface area contributed by atoms with Gasteiger partial charge in [-0.1, -0.05) is 12.1 Å². The van der Waals surface area contributed by atoms with E-state index in [1.165, 1.54) is 11.1 Å². The van der Waals surface area contributed by atoms with E-state index in [1.807, 2.05) is 0 Å². The van der Waals surface area contributed by atoms with E-state index in [9.17, 15) is 4.79 Å². The highest BCUT2D eigenvalue weighted by molar-refractivity contribution is 5.91. The third-order valence-electron chi connectivity index (χ3n) is 5.15. The number of rotatable bonds is 6. The smallest absolute Gasteiger partial charge is 0.267 e. The molecule has 0 saturated carbocycles. The second-order valence-corrected chi connectivity index (χ2v) is 7.30. The molecule has 0 atom stereocenters. The molecule has 1 saturated heterocycles. The van der Waals surface area contributed by atoms with E-state index in [0.29, 0.717) is 5.75 Å². The van der Waals surface area contributed by atoms with Gasteiger partial charge in [-0.2, -0.15) is 5.10 Å². The fraction of sp³-hybridized carbons (Fsp3) is 0.333. The Morgan fingerprint density at radius 1 is 1.24 bits per heavy atom. The van der Waals surface area contributed by atoms with Crippen LogP contribution in [0.25, 0.3) is 5.69 Å². The van der Waals surface area contributed by atoms with E-state index in [0.717, 1.165) is 38.2 Å². The van der Waals surface area contributed by atoms with Gasteiger partial charge < -0.3 is 10.5 Å². The topological polar surface area (TPSA) is 99.2 Å². The first-order valence-corrected chi connectivity index (χ1v) is 9.68. The number of carbonyl (C=O) groups is 1. The van der Waals surface area contributed by atoms with Crippen molar-refractivity contribution in [2.24, 2.45) is 5.73 Å². The lowest BCUT2D eigenvalue weighted by atomic mass is 10.1. The van der Waals surface area contributed by atoms with Gasteiger partial charge in [0.15, 0.2) is 0 Å². The lowest BCUT2D eigenvalue weighted by Gasteiger charge is -2.32. The van der Waals surface area contributed by atoms with E-state index in [2.05, 4.69) is 45.1 Å². The van der Waals surface area contributed by atoms with Crippen LogP contribution >= 0.6 is 0 Å². The molecule has 0 aliphatic carbocycles. The number of nitrogens with two attached hydrogens (primary N) is 1. The zero-order valence-electron chi connectivity index (χ0n) is 16.4. The molecule has 8 nitrogen and oxygen atoms in total. The summed E-state index contributed by atoms with van der Waals surface area (Å²) in [5.74, 6) is 0.0991. The van der Waals surface area contributed by atoms with Gasteiger partial charge in [-0.3, -0.25) is 14.7 Å². The molecule has 1 fully saturated rings. The fourth-order valence-corrected chi connectivity index (χ4v) is 3.66. The summed E-state index contributed by atoms with van der Waals surface area (Å²) in [5.41, 5.74) is 9.02. The summed E-state index contributed by atoms with van der Waals surface area (Å²) in [6.45, 7) is 4.92. The van der Waals surface area contributed by atoms with Crippen molar-refractivity contribution in [2.45, 2.75) is 32.4 Å². The Morgan fingerprint density at radius 2 is 2.07 bits per heavy atom. The van der Waals surface area contributed by atoms with Crippen LogP contribution in [0.3, 0.4) is 0 Å². The van der Waals surface area contributed by atoms with Crippen molar-refractivity contribution in [1.29, 1.82) is 0 Å². The average molecular weight is 392 g/mol. The molecule has 0 spiro atoms. The number of primary amides is 1. The third-order valence-corrected chi connectivity index (χ3v) is 5.15. The Labute approximate surface area is 169 Å². The highest BCUT2D eigenvalue weighted by Crippen LogP contribution is 2.22. The van der Waals surface area contributed by atoms with Crippen LogP contribution in [0, 0.1) is 6.92 Å². The summed E-state index contributed by atoms with van der Waals surface area (Å²) in [7, 11) is 0. The van der Waals surface area contributed by atoms with E-state index < -0.39 is 5.91 Å². The second-order valence-electron chi connectivity index (χ2n) is 7.30. The molecule has 0 radical (unpaired) electrons. The number of hydrogen-bond donors (Lipinski definition) is 1. The number of hydrogen-bond acceptors (Lipinski definition) is 6. The minimum absolute atomic E-state index is 0.130. The maximum absolute atomic E-state index is 11.3. The molecule has 0 bridgehead atoms.